The van der Waals surface area contributed by atoms with Gasteiger partial charge in [0.15, 0.2) is 0 Å². The SMILES string of the molecule is CN1C[C@@H](C(=O)O)CC[C@H]1C(F)F. The van der Waals surface area contributed by atoms with Crippen LogP contribution in [0, 0.1) is 5.92 Å². The summed E-state index contributed by atoms with van der Waals surface area (Å²) in [4.78, 5) is 12.0. The van der Waals surface area contributed by atoms with Gasteiger partial charge in [-0.25, -0.2) is 8.78 Å². The van der Waals surface area contributed by atoms with Crippen LogP contribution < -0.4 is 0 Å². The maximum absolute atomic E-state index is 12.3. The fourth-order valence-electron chi connectivity index (χ4n) is 1.69. The number of likely N-dealkylation sites (tertiary alicyclic amines) is 1. The van der Waals surface area contributed by atoms with Crippen LogP contribution in [-0.4, -0.2) is 42.0 Å². The Kier molecular flexibility index (Phi) is 3.19. The average molecular weight is 193 g/mol. The van der Waals surface area contributed by atoms with Crippen molar-refractivity contribution in [3.05, 3.63) is 0 Å². The first-order valence-corrected chi connectivity index (χ1v) is 4.23. The Labute approximate surface area is 75.3 Å². The number of piperidine rings is 1. The van der Waals surface area contributed by atoms with E-state index in [0.29, 0.717) is 6.42 Å². The molecule has 1 aliphatic heterocycles. The maximum Gasteiger partial charge on any atom is 0.307 e. The zero-order valence-electron chi connectivity index (χ0n) is 7.41. The van der Waals surface area contributed by atoms with Crippen LogP contribution in [0.1, 0.15) is 12.8 Å². The van der Waals surface area contributed by atoms with E-state index >= 15 is 0 Å². The van der Waals surface area contributed by atoms with Gasteiger partial charge in [0.25, 0.3) is 6.43 Å². The minimum absolute atomic E-state index is 0.227. The van der Waals surface area contributed by atoms with E-state index in [1.807, 2.05) is 0 Å². The number of carbonyl (C=O) groups is 1. The molecule has 0 bridgehead atoms. The summed E-state index contributed by atoms with van der Waals surface area (Å²) in [5.41, 5.74) is 0. The maximum atomic E-state index is 12.3. The minimum Gasteiger partial charge on any atom is -0.481 e. The quantitative estimate of drug-likeness (QED) is 0.712. The van der Waals surface area contributed by atoms with Crippen LogP contribution in [0.15, 0.2) is 0 Å². The number of alkyl halides is 2. The van der Waals surface area contributed by atoms with Crippen LogP contribution in [0.5, 0.6) is 0 Å². The Morgan fingerprint density at radius 2 is 2.15 bits per heavy atom. The molecule has 1 rings (SSSR count). The molecule has 1 heterocycles. The van der Waals surface area contributed by atoms with Crippen molar-refractivity contribution in [1.82, 2.24) is 4.90 Å². The van der Waals surface area contributed by atoms with Gasteiger partial charge in [-0.2, -0.15) is 0 Å². The van der Waals surface area contributed by atoms with Crippen LogP contribution in [0.2, 0.25) is 0 Å². The summed E-state index contributed by atoms with van der Waals surface area (Å²) < 4.78 is 24.6. The predicted octanol–water partition coefficient (Wildman–Crippen LogP) is 1.05. The number of carboxylic acid groups (broad SMARTS) is 1. The Balaban J connectivity index is 2.51. The van der Waals surface area contributed by atoms with Crippen molar-refractivity contribution in [3.8, 4) is 0 Å². The molecule has 76 valence electrons. The second kappa shape index (κ2) is 4.00. The van der Waals surface area contributed by atoms with Gasteiger partial charge in [-0.1, -0.05) is 0 Å². The molecule has 0 aromatic carbocycles. The van der Waals surface area contributed by atoms with Crippen LogP contribution in [0.25, 0.3) is 0 Å². The molecule has 0 aliphatic carbocycles. The Morgan fingerprint density at radius 1 is 1.54 bits per heavy atom. The first-order valence-electron chi connectivity index (χ1n) is 4.23. The lowest BCUT2D eigenvalue weighted by atomic mass is 9.93. The molecule has 0 radical (unpaired) electrons. The topological polar surface area (TPSA) is 40.5 Å². The number of nitrogens with zero attached hydrogens (tertiary/aromatic N) is 1. The van der Waals surface area contributed by atoms with E-state index in [0.717, 1.165) is 0 Å². The number of halogens is 2. The minimum atomic E-state index is -2.38. The first kappa shape index (κ1) is 10.4. The van der Waals surface area contributed by atoms with E-state index in [2.05, 4.69) is 0 Å². The number of hydrogen-bond acceptors (Lipinski definition) is 2. The normalized spacial score (nSPS) is 30.8. The van der Waals surface area contributed by atoms with Gasteiger partial charge >= 0.3 is 5.97 Å². The van der Waals surface area contributed by atoms with E-state index in [-0.39, 0.29) is 13.0 Å². The standard InChI is InChI=1S/C8H13F2NO2/c1-11-4-5(8(12)13)2-3-6(11)7(9)10/h5-7H,2-4H2,1H3,(H,12,13)/t5-,6-/m0/s1. The van der Waals surface area contributed by atoms with E-state index < -0.39 is 24.4 Å². The molecule has 0 aromatic rings. The second-order valence-electron chi connectivity index (χ2n) is 3.45. The molecule has 1 fully saturated rings. The van der Waals surface area contributed by atoms with Crippen molar-refractivity contribution in [2.24, 2.45) is 5.92 Å². The first-order chi connectivity index (χ1) is 6.02. The predicted molar refractivity (Wildman–Crippen MR) is 42.8 cm³/mol. The number of carboxylic acids is 1. The highest BCUT2D eigenvalue weighted by Crippen LogP contribution is 2.24. The lowest BCUT2D eigenvalue weighted by molar-refractivity contribution is -0.145. The third kappa shape index (κ3) is 2.37. The molecule has 13 heavy (non-hydrogen) atoms. The Morgan fingerprint density at radius 3 is 2.54 bits per heavy atom. The highest BCUT2D eigenvalue weighted by Gasteiger charge is 2.34. The highest BCUT2D eigenvalue weighted by atomic mass is 19.3. The molecule has 5 heteroatoms. The molecule has 1 saturated heterocycles. The third-order valence-corrected chi connectivity index (χ3v) is 2.53. The van der Waals surface area contributed by atoms with Gasteiger partial charge in [0.2, 0.25) is 0 Å². The van der Waals surface area contributed by atoms with Crippen molar-refractivity contribution in [3.63, 3.8) is 0 Å². The van der Waals surface area contributed by atoms with Crippen molar-refractivity contribution < 1.29 is 18.7 Å². The monoisotopic (exact) mass is 193 g/mol. The van der Waals surface area contributed by atoms with Crippen LogP contribution in [0.4, 0.5) is 8.78 Å². The second-order valence-corrected chi connectivity index (χ2v) is 3.45. The zero-order chi connectivity index (χ0) is 10.0. The molecule has 1 aliphatic rings. The van der Waals surface area contributed by atoms with E-state index in [1.165, 1.54) is 4.90 Å². The summed E-state index contributed by atoms with van der Waals surface area (Å²) in [5, 5.41) is 8.67. The molecule has 0 spiro atoms. The number of aliphatic carboxylic acids is 1. The summed E-state index contributed by atoms with van der Waals surface area (Å²) in [6.45, 7) is 0.227. The van der Waals surface area contributed by atoms with Gasteiger partial charge in [-0.15, -0.1) is 0 Å². The Hall–Kier alpha value is -0.710. The van der Waals surface area contributed by atoms with Gasteiger partial charge in [-0.05, 0) is 19.9 Å². The molecule has 0 saturated carbocycles. The van der Waals surface area contributed by atoms with Crippen LogP contribution in [-0.2, 0) is 4.79 Å². The Bertz CT molecular complexity index is 199. The summed E-state index contributed by atoms with van der Waals surface area (Å²) in [6.07, 6.45) is -1.75. The molecule has 3 nitrogen and oxygen atoms in total. The molecule has 1 N–H and O–H groups in total. The summed E-state index contributed by atoms with van der Waals surface area (Å²) in [7, 11) is 1.55. The molecule has 2 atom stereocenters. The smallest absolute Gasteiger partial charge is 0.307 e. The van der Waals surface area contributed by atoms with Crippen molar-refractivity contribution in [2.75, 3.05) is 13.6 Å². The lowest BCUT2D eigenvalue weighted by Crippen LogP contribution is -2.46. The fraction of sp³-hybridized carbons (Fsp3) is 0.875. The largest absolute Gasteiger partial charge is 0.481 e. The van der Waals surface area contributed by atoms with Gasteiger partial charge in [-0.3, -0.25) is 9.69 Å². The third-order valence-electron chi connectivity index (χ3n) is 2.53. The summed E-state index contributed by atoms with van der Waals surface area (Å²) in [6, 6.07) is -0.768. The van der Waals surface area contributed by atoms with Gasteiger partial charge in [0.05, 0.1) is 12.0 Å². The van der Waals surface area contributed by atoms with Gasteiger partial charge in [0, 0.05) is 6.54 Å². The van der Waals surface area contributed by atoms with Gasteiger partial charge < -0.3 is 5.11 Å². The van der Waals surface area contributed by atoms with E-state index in [1.54, 1.807) is 7.05 Å². The van der Waals surface area contributed by atoms with Crippen molar-refractivity contribution >= 4 is 5.97 Å². The zero-order valence-corrected chi connectivity index (χ0v) is 7.41. The van der Waals surface area contributed by atoms with Crippen LogP contribution in [0.3, 0.4) is 0 Å². The fourth-order valence-corrected chi connectivity index (χ4v) is 1.69. The van der Waals surface area contributed by atoms with Crippen molar-refractivity contribution in [2.45, 2.75) is 25.3 Å². The average Bonchev–Trinajstić information content (AvgIpc) is 2.03. The molecule has 0 aromatic heterocycles. The molecule has 0 amide bonds. The molecular formula is C8H13F2NO2. The van der Waals surface area contributed by atoms with Gasteiger partial charge in [0.1, 0.15) is 0 Å². The number of hydrogen-bond donors (Lipinski definition) is 1. The lowest BCUT2D eigenvalue weighted by Gasteiger charge is -2.34. The summed E-state index contributed by atoms with van der Waals surface area (Å²) >= 11 is 0. The van der Waals surface area contributed by atoms with Crippen LogP contribution >= 0.6 is 0 Å². The number of rotatable bonds is 2. The summed E-state index contributed by atoms with van der Waals surface area (Å²) in [5.74, 6) is -1.38. The highest BCUT2D eigenvalue weighted by molar-refractivity contribution is 5.70. The van der Waals surface area contributed by atoms with E-state index in [4.69, 9.17) is 5.11 Å². The molecular weight excluding hydrogens is 180 g/mol. The van der Waals surface area contributed by atoms with E-state index in [9.17, 15) is 13.6 Å². The van der Waals surface area contributed by atoms with Crippen molar-refractivity contribution in [1.29, 1.82) is 0 Å². The molecule has 0 unspecified atom stereocenters.